The molecule has 1 heterocycles. The van der Waals surface area contributed by atoms with Crippen LogP contribution in [0.5, 0.6) is 0 Å². The summed E-state index contributed by atoms with van der Waals surface area (Å²) < 4.78 is 50.4. The Hall–Kier alpha value is -0.360. The van der Waals surface area contributed by atoms with Crippen molar-refractivity contribution in [1.82, 2.24) is 4.90 Å². The summed E-state index contributed by atoms with van der Waals surface area (Å²) in [6.45, 7) is -1.99. The molecule has 1 aliphatic rings. The van der Waals surface area contributed by atoms with Gasteiger partial charge in [0.25, 0.3) is 5.92 Å². The van der Waals surface area contributed by atoms with Gasteiger partial charge >= 0.3 is 0 Å². The maximum Gasteiger partial charge on any atom is 0.272 e. The van der Waals surface area contributed by atoms with Gasteiger partial charge < -0.3 is 5.73 Å². The van der Waals surface area contributed by atoms with Crippen LogP contribution in [0.25, 0.3) is 0 Å². The molecular weight excluding hydrogens is 188 g/mol. The molecule has 0 amide bonds. The number of nitrogens with zero attached hydrogens (tertiary/aromatic N) is 1. The van der Waals surface area contributed by atoms with Crippen molar-refractivity contribution in [3.05, 3.63) is 0 Å². The van der Waals surface area contributed by atoms with Crippen LogP contribution in [0, 0.1) is 0 Å². The molecular formula is C7H12F4N2. The standard InChI is InChI=1S/C7H12F4N2/c8-5-1-13(2-6(5)9)4-7(10,11)3-12/h5-6H,1-4,12H2/t5-,6+. The van der Waals surface area contributed by atoms with Gasteiger partial charge in [-0.3, -0.25) is 4.90 Å². The summed E-state index contributed by atoms with van der Waals surface area (Å²) in [4.78, 5) is 1.06. The zero-order valence-corrected chi connectivity index (χ0v) is 7.02. The second-order valence-electron chi connectivity index (χ2n) is 3.29. The first-order valence-electron chi connectivity index (χ1n) is 4.03. The average molecular weight is 200 g/mol. The van der Waals surface area contributed by atoms with Gasteiger partial charge in [0.1, 0.15) is 12.3 Å². The van der Waals surface area contributed by atoms with Crippen molar-refractivity contribution in [3.8, 4) is 0 Å². The van der Waals surface area contributed by atoms with Crippen molar-refractivity contribution >= 4 is 0 Å². The van der Waals surface area contributed by atoms with E-state index in [0.717, 1.165) is 4.90 Å². The Labute approximate surface area is 73.7 Å². The Balaban J connectivity index is 2.40. The van der Waals surface area contributed by atoms with Crippen LogP contribution in [-0.4, -0.2) is 49.3 Å². The molecule has 13 heavy (non-hydrogen) atoms. The predicted molar refractivity (Wildman–Crippen MR) is 40.2 cm³/mol. The molecule has 0 bridgehead atoms. The molecule has 78 valence electrons. The third-order valence-corrected chi connectivity index (χ3v) is 2.01. The number of rotatable bonds is 3. The fraction of sp³-hybridized carbons (Fsp3) is 1.00. The Kier molecular flexibility index (Phi) is 3.13. The monoisotopic (exact) mass is 200 g/mol. The van der Waals surface area contributed by atoms with E-state index < -0.39 is 31.4 Å². The molecule has 0 aromatic heterocycles. The quantitative estimate of drug-likeness (QED) is 0.675. The minimum Gasteiger partial charge on any atom is -0.325 e. The van der Waals surface area contributed by atoms with Gasteiger partial charge in [-0.2, -0.15) is 0 Å². The van der Waals surface area contributed by atoms with Crippen molar-refractivity contribution in [1.29, 1.82) is 0 Å². The molecule has 2 atom stereocenters. The zero-order valence-electron chi connectivity index (χ0n) is 7.02. The number of alkyl halides is 4. The molecule has 1 rings (SSSR count). The van der Waals surface area contributed by atoms with Crippen LogP contribution in [-0.2, 0) is 0 Å². The van der Waals surface area contributed by atoms with E-state index in [2.05, 4.69) is 0 Å². The van der Waals surface area contributed by atoms with Gasteiger partial charge in [-0.15, -0.1) is 0 Å². The van der Waals surface area contributed by atoms with Crippen molar-refractivity contribution in [3.63, 3.8) is 0 Å². The summed E-state index contributed by atoms with van der Waals surface area (Å²) in [5.41, 5.74) is 4.79. The predicted octanol–water partition coefficient (Wildman–Crippen LogP) is 0.572. The average Bonchev–Trinajstić information content (AvgIpc) is 2.30. The normalized spacial score (nSPS) is 31.2. The van der Waals surface area contributed by atoms with E-state index in [9.17, 15) is 17.6 Å². The van der Waals surface area contributed by atoms with Crippen molar-refractivity contribution in [2.75, 3.05) is 26.2 Å². The maximum absolute atomic E-state index is 12.6. The molecule has 0 spiro atoms. The second kappa shape index (κ2) is 3.79. The highest BCUT2D eigenvalue weighted by molar-refractivity contribution is 4.86. The maximum atomic E-state index is 12.6. The fourth-order valence-electron chi connectivity index (χ4n) is 1.32. The Morgan fingerprint density at radius 2 is 1.69 bits per heavy atom. The topological polar surface area (TPSA) is 29.3 Å². The molecule has 0 radical (unpaired) electrons. The molecule has 1 fully saturated rings. The summed E-state index contributed by atoms with van der Waals surface area (Å²) >= 11 is 0. The van der Waals surface area contributed by atoms with Crippen LogP contribution < -0.4 is 5.73 Å². The van der Waals surface area contributed by atoms with E-state index in [0.29, 0.717) is 0 Å². The lowest BCUT2D eigenvalue weighted by atomic mass is 10.3. The number of likely N-dealkylation sites (tertiary alicyclic amines) is 1. The fourth-order valence-corrected chi connectivity index (χ4v) is 1.32. The SMILES string of the molecule is NCC(F)(F)CN1C[C@@H](F)[C@@H](F)C1. The number of halogens is 4. The van der Waals surface area contributed by atoms with Gasteiger partial charge in [0, 0.05) is 13.1 Å². The van der Waals surface area contributed by atoms with Crippen LogP contribution in [0.3, 0.4) is 0 Å². The lowest BCUT2D eigenvalue weighted by molar-refractivity contribution is -0.0196. The smallest absolute Gasteiger partial charge is 0.272 e. The lowest BCUT2D eigenvalue weighted by Gasteiger charge is -2.21. The number of nitrogens with two attached hydrogens (primary N) is 1. The summed E-state index contributed by atoms with van der Waals surface area (Å²) in [5.74, 6) is -3.05. The summed E-state index contributed by atoms with van der Waals surface area (Å²) in [6.07, 6.45) is -3.29. The minimum atomic E-state index is -3.05. The van der Waals surface area contributed by atoms with Crippen LogP contribution in [0.1, 0.15) is 0 Å². The van der Waals surface area contributed by atoms with Crippen molar-refractivity contribution in [2.24, 2.45) is 5.73 Å². The van der Waals surface area contributed by atoms with Gasteiger partial charge in [-0.1, -0.05) is 0 Å². The highest BCUT2D eigenvalue weighted by Crippen LogP contribution is 2.21. The third kappa shape index (κ3) is 2.80. The molecule has 6 heteroatoms. The highest BCUT2D eigenvalue weighted by atomic mass is 19.3. The molecule has 0 aromatic carbocycles. The number of hydrogen-bond acceptors (Lipinski definition) is 2. The van der Waals surface area contributed by atoms with Gasteiger partial charge in [0.2, 0.25) is 0 Å². The Morgan fingerprint density at radius 1 is 1.23 bits per heavy atom. The molecule has 2 nitrogen and oxygen atoms in total. The van der Waals surface area contributed by atoms with Gasteiger partial charge in [0.05, 0.1) is 13.1 Å². The van der Waals surface area contributed by atoms with E-state index >= 15 is 0 Å². The van der Waals surface area contributed by atoms with Crippen LogP contribution >= 0.6 is 0 Å². The minimum absolute atomic E-state index is 0.267. The van der Waals surface area contributed by atoms with Crippen molar-refractivity contribution < 1.29 is 17.6 Å². The molecule has 1 aliphatic heterocycles. The molecule has 0 aliphatic carbocycles. The van der Waals surface area contributed by atoms with Gasteiger partial charge in [0.15, 0.2) is 0 Å². The Bertz CT molecular complexity index is 166. The summed E-state index contributed by atoms with van der Waals surface area (Å²) in [7, 11) is 0. The van der Waals surface area contributed by atoms with E-state index in [1.807, 2.05) is 0 Å². The van der Waals surface area contributed by atoms with Crippen molar-refractivity contribution in [2.45, 2.75) is 18.3 Å². The summed E-state index contributed by atoms with van der Waals surface area (Å²) in [6, 6.07) is 0. The molecule has 0 saturated carbocycles. The largest absolute Gasteiger partial charge is 0.325 e. The van der Waals surface area contributed by atoms with Crippen LogP contribution in [0.2, 0.25) is 0 Å². The molecule has 1 saturated heterocycles. The van der Waals surface area contributed by atoms with Gasteiger partial charge in [-0.05, 0) is 0 Å². The highest BCUT2D eigenvalue weighted by Gasteiger charge is 2.38. The van der Waals surface area contributed by atoms with E-state index in [1.54, 1.807) is 0 Å². The Morgan fingerprint density at radius 3 is 2.08 bits per heavy atom. The number of hydrogen-bond donors (Lipinski definition) is 1. The second-order valence-corrected chi connectivity index (χ2v) is 3.29. The summed E-state index contributed by atoms with van der Waals surface area (Å²) in [5, 5.41) is 0. The van der Waals surface area contributed by atoms with E-state index in [4.69, 9.17) is 5.73 Å². The third-order valence-electron chi connectivity index (χ3n) is 2.01. The van der Waals surface area contributed by atoms with Crippen LogP contribution in [0.4, 0.5) is 17.6 Å². The van der Waals surface area contributed by atoms with E-state index in [-0.39, 0.29) is 13.1 Å². The lowest BCUT2D eigenvalue weighted by Crippen LogP contribution is -2.41. The van der Waals surface area contributed by atoms with Crippen LogP contribution in [0.15, 0.2) is 0 Å². The molecule has 0 aromatic rings. The first-order valence-corrected chi connectivity index (χ1v) is 4.03. The first kappa shape index (κ1) is 10.7. The molecule has 0 unspecified atom stereocenters. The van der Waals surface area contributed by atoms with Gasteiger partial charge in [-0.25, -0.2) is 17.6 Å². The van der Waals surface area contributed by atoms with E-state index in [1.165, 1.54) is 0 Å². The first-order chi connectivity index (χ1) is 5.94. The molecule has 2 N–H and O–H groups in total. The zero-order chi connectivity index (χ0) is 10.1.